The molecule has 0 aromatic heterocycles. The van der Waals surface area contributed by atoms with Crippen molar-refractivity contribution in [3.63, 3.8) is 0 Å². The van der Waals surface area contributed by atoms with Gasteiger partial charge in [-0.15, -0.1) is 0 Å². The lowest BCUT2D eigenvalue weighted by molar-refractivity contribution is -0.137. The Morgan fingerprint density at radius 1 is 1.18 bits per heavy atom. The third-order valence-corrected chi connectivity index (χ3v) is 3.88. The molecule has 0 radical (unpaired) electrons. The van der Waals surface area contributed by atoms with Crippen molar-refractivity contribution < 1.29 is 18.0 Å². The summed E-state index contributed by atoms with van der Waals surface area (Å²) in [6.45, 7) is 5.92. The fraction of sp³-hybridized carbons (Fsp3) is 0.562. The summed E-state index contributed by atoms with van der Waals surface area (Å²) in [6.07, 6.45) is -3.22. The van der Waals surface area contributed by atoms with E-state index >= 15 is 0 Å². The summed E-state index contributed by atoms with van der Waals surface area (Å²) in [5.74, 6) is 0.945. The number of alkyl halides is 3. The van der Waals surface area contributed by atoms with Crippen LogP contribution >= 0.6 is 0 Å². The van der Waals surface area contributed by atoms with Crippen LogP contribution in [0.2, 0.25) is 0 Å². The number of urea groups is 1. The van der Waals surface area contributed by atoms with Crippen LogP contribution in [-0.4, -0.2) is 24.0 Å². The molecule has 1 heterocycles. The minimum atomic E-state index is -4.33. The minimum absolute atomic E-state index is 0.154. The fourth-order valence-corrected chi connectivity index (χ4v) is 2.93. The number of piperidine rings is 1. The van der Waals surface area contributed by atoms with Crippen LogP contribution in [0.1, 0.15) is 31.4 Å². The maximum Gasteiger partial charge on any atom is 0.416 e. The van der Waals surface area contributed by atoms with E-state index in [0.717, 1.165) is 31.6 Å². The number of carbonyl (C=O) groups is 1. The Morgan fingerprint density at radius 2 is 1.73 bits per heavy atom. The van der Waals surface area contributed by atoms with E-state index in [2.05, 4.69) is 19.2 Å². The highest BCUT2D eigenvalue weighted by Gasteiger charge is 2.30. The number of halogens is 3. The molecule has 0 bridgehead atoms. The third kappa shape index (κ3) is 4.39. The van der Waals surface area contributed by atoms with Crippen molar-refractivity contribution >= 4 is 6.03 Å². The van der Waals surface area contributed by atoms with Crippen molar-refractivity contribution in [3.05, 3.63) is 35.4 Å². The van der Waals surface area contributed by atoms with Crippen molar-refractivity contribution in [3.8, 4) is 0 Å². The first-order valence-electron chi connectivity index (χ1n) is 7.44. The second-order valence-electron chi connectivity index (χ2n) is 6.20. The van der Waals surface area contributed by atoms with Gasteiger partial charge in [0.15, 0.2) is 0 Å². The average molecular weight is 314 g/mol. The maximum absolute atomic E-state index is 12.5. The van der Waals surface area contributed by atoms with E-state index in [0.29, 0.717) is 17.4 Å². The van der Waals surface area contributed by atoms with Crippen molar-refractivity contribution in [2.45, 2.75) is 33.0 Å². The first-order chi connectivity index (χ1) is 10.3. The van der Waals surface area contributed by atoms with Crippen LogP contribution in [0.15, 0.2) is 24.3 Å². The Labute approximate surface area is 128 Å². The van der Waals surface area contributed by atoms with Crippen LogP contribution in [0.5, 0.6) is 0 Å². The molecule has 3 nitrogen and oxygen atoms in total. The van der Waals surface area contributed by atoms with E-state index in [1.807, 2.05) is 0 Å². The van der Waals surface area contributed by atoms with Crippen LogP contribution in [0.3, 0.4) is 0 Å². The van der Waals surface area contributed by atoms with Crippen LogP contribution in [0, 0.1) is 11.8 Å². The van der Waals surface area contributed by atoms with Gasteiger partial charge in [-0.05, 0) is 36.0 Å². The smallest absolute Gasteiger partial charge is 0.334 e. The Hall–Kier alpha value is -1.72. The molecule has 22 heavy (non-hydrogen) atoms. The zero-order valence-corrected chi connectivity index (χ0v) is 12.8. The monoisotopic (exact) mass is 314 g/mol. The highest BCUT2D eigenvalue weighted by Crippen LogP contribution is 2.29. The molecule has 1 saturated heterocycles. The zero-order valence-electron chi connectivity index (χ0n) is 12.8. The Bertz CT molecular complexity index is 503. The van der Waals surface area contributed by atoms with Crippen molar-refractivity contribution in [1.29, 1.82) is 0 Å². The molecule has 1 aliphatic heterocycles. The van der Waals surface area contributed by atoms with Gasteiger partial charge in [0, 0.05) is 19.6 Å². The number of benzene rings is 1. The van der Waals surface area contributed by atoms with Gasteiger partial charge in [-0.2, -0.15) is 13.2 Å². The highest BCUT2D eigenvalue weighted by molar-refractivity contribution is 5.74. The van der Waals surface area contributed by atoms with E-state index in [9.17, 15) is 18.0 Å². The molecule has 0 spiro atoms. The van der Waals surface area contributed by atoms with Crippen LogP contribution < -0.4 is 5.32 Å². The van der Waals surface area contributed by atoms with Gasteiger partial charge in [-0.3, -0.25) is 0 Å². The molecule has 122 valence electrons. The van der Waals surface area contributed by atoms with Crippen LogP contribution in [0.25, 0.3) is 0 Å². The molecule has 1 aliphatic rings. The number of hydrogen-bond acceptors (Lipinski definition) is 1. The van der Waals surface area contributed by atoms with Gasteiger partial charge in [0.2, 0.25) is 0 Å². The summed E-state index contributed by atoms with van der Waals surface area (Å²) in [5, 5.41) is 2.77. The van der Waals surface area contributed by atoms with Gasteiger partial charge in [0.05, 0.1) is 5.56 Å². The zero-order chi connectivity index (χ0) is 16.3. The molecular formula is C16H21F3N2O. The standard InChI is InChI=1S/C16H21F3N2O/c1-11-7-12(2)10-21(9-11)15(22)20-8-13-3-5-14(6-4-13)16(17,18)19/h3-6,11-12H,7-10H2,1-2H3,(H,20,22). The van der Waals surface area contributed by atoms with Crippen LogP contribution in [-0.2, 0) is 12.7 Å². The number of rotatable bonds is 2. The van der Waals surface area contributed by atoms with Gasteiger partial charge in [0.1, 0.15) is 0 Å². The molecule has 2 amide bonds. The largest absolute Gasteiger partial charge is 0.416 e. The summed E-state index contributed by atoms with van der Waals surface area (Å²) < 4.78 is 37.4. The van der Waals surface area contributed by atoms with E-state index in [-0.39, 0.29) is 12.6 Å². The molecule has 2 atom stereocenters. The van der Waals surface area contributed by atoms with Crippen molar-refractivity contribution in [2.24, 2.45) is 11.8 Å². The third-order valence-electron chi connectivity index (χ3n) is 3.88. The number of hydrogen-bond donors (Lipinski definition) is 1. The van der Waals surface area contributed by atoms with Crippen LogP contribution in [0.4, 0.5) is 18.0 Å². The molecule has 1 aromatic rings. The highest BCUT2D eigenvalue weighted by atomic mass is 19.4. The quantitative estimate of drug-likeness (QED) is 0.882. The molecular weight excluding hydrogens is 293 g/mol. The number of carbonyl (C=O) groups excluding carboxylic acids is 1. The van der Waals surface area contributed by atoms with Crippen molar-refractivity contribution in [2.75, 3.05) is 13.1 Å². The predicted octanol–water partition coefficient (Wildman–Crippen LogP) is 3.89. The first kappa shape index (κ1) is 16.6. The summed E-state index contributed by atoms with van der Waals surface area (Å²) in [6, 6.07) is 4.70. The predicted molar refractivity (Wildman–Crippen MR) is 78.2 cm³/mol. The Balaban J connectivity index is 1.88. The normalized spacial score (nSPS) is 22.5. The molecule has 6 heteroatoms. The second-order valence-corrected chi connectivity index (χ2v) is 6.20. The van der Waals surface area contributed by atoms with Gasteiger partial charge < -0.3 is 10.2 Å². The summed E-state index contributed by atoms with van der Waals surface area (Å²) in [4.78, 5) is 13.9. The first-order valence-corrected chi connectivity index (χ1v) is 7.44. The van der Waals surface area contributed by atoms with E-state index in [4.69, 9.17) is 0 Å². The van der Waals surface area contributed by atoms with Gasteiger partial charge in [-0.25, -0.2) is 4.79 Å². The maximum atomic E-state index is 12.5. The van der Waals surface area contributed by atoms with Crippen molar-refractivity contribution in [1.82, 2.24) is 10.2 Å². The Kier molecular flexibility index (Phi) is 4.98. The summed E-state index contributed by atoms with van der Waals surface area (Å²) in [5.41, 5.74) is -0.0271. The SMILES string of the molecule is CC1CC(C)CN(C(=O)NCc2ccc(C(F)(F)F)cc2)C1. The Morgan fingerprint density at radius 3 is 2.23 bits per heavy atom. The molecule has 0 saturated carbocycles. The molecule has 2 rings (SSSR count). The molecule has 1 aromatic carbocycles. The summed E-state index contributed by atoms with van der Waals surface area (Å²) in [7, 11) is 0. The van der Waals surface area contributed by atoms with E-state index < -0.39 is 11.7 Å². The van der Waals surface area contributed by atoms with E-state index in [1.165, 1.54) is 12.1 Å². The summed E-state index contributed by atoms with van der Waals surface area (Å²) >= 11 is 0. The number of likely N-dealkylation sites (tertiary alicyclic amines) is 1. The van der Waals surface area contributed by atoms with Gasteiger partial charge in [0.25, 0.3) is 0 Å². The lowest BCUT2D eigenvalue weighted by atomic mass is 9.92. The van der Waals surface area contributed by atoms with Gasteiger partial charge in [-0.1, -0.05) is 26.0 Å². The molecule has 1 fully saturated rings. The topological polar surface area (TPSA) is 32.3 Å². The fourth-order valence-electron chi connectivity index (χ4n) is 2.93. The van der Waals surface area contributed by atoms with E-state index in [1.54, 1.807) is 4.90 Å². The average Bonchev–Trinajstić information content (AvgIpc) is 2.43. The second kappa shape index (κ2) is 6.58. The lowest BCUT2D eigenvalue weighted by Crippen LogP contribution is -2.47. The molecule has 2 unspecified atom stereocenters. The lowest BCUT2D eigenvalue weighted by Gasteiger charge is -2.34. The van der Waals surface area contributed by atoms with Gasteiger partial charge >= 0.3 is 12.2 Å². The number of amides is 2. The molecule has 1 N–H and O–H groups in total. The minimum Gasteiger partial charge on any atom is -0.334 e. The molecule has 0 aliphatic carbocycles. The number of nitrogens with zero attached hydrogens (tertiary/aromatic N) is 1. The number of nitrogens with one attached hydrogen (secondary N) is 1.